The first kappa shape index (κ1) is 19.7. The van der Waals surface area contributed by atoms with Crippen molar-refractivity contribution in [2.75, 3.05) is 28.4 Å². The van der Waals surface area contributed by atoms with Gasteiger partial charge in [-0.2, -0.15) is 0 Å². The van der Waals surface area contributed by atoms with Gasteiger partial charge in [-0.3, -0.25) is 4.99 Å². The van der Waals surface area contributed by atoms with Crippen LogP contribution in [-0.4, -0.2) is 34.3 Å². The van der Waals surface area contributed by atoms with Gasteiger partial charge < -0.3 is 24.8 Å². The smallest absolute Gasteiger partial charge is 0.191 e. The van der Waals surface area contributed by atoms with Gasteiger partial charge in [0.25, 0.3) is 0 Å². The first-order valence-electron chi connectivity index (χ1n) is 8.09. The molecule has 7 heteroatoms. The highest BCUT2D eigenvalue weighted by molar-refractivity contribution is 6.30. The van der Waals surface area contributed by atoms with Gasteiger partial charge in [-0.05, 0) is 17.7 Å². The van der Waals surface area contributed by atoms with Crippen LogP contribution in [0.15, 0.2) is 41.4 Å². The third-order valence-electron chi connectivity index (χ3n) is 3.85. The van der Waals surface area contributed by atoms with Crippen LogP contribution >= 0.6 is 11.6 Å². The van der Waals surface area contributed by atoms with Gasteiger partial charge in [-0.15, -0.1) is 0 Å². The van der Waals surface area contributed by atoms with Gasteiger partial charge in [0.15, 0.2) is 5.96 Å². The van der Waals surface area contributed by atoms with Crippen LogP contribution in [0, 0.1) is 0 Å². The number of hydrogen-bond acceptors (Lipinski definition) is 4. The SMILES string of the molecule is CN=C(NCc1ccc(Cl)cc1)NCc1c(OC)cc(OC)cc1OC. The molecular weight excluding hydrogens is 354 g/mol. The molecule has 0 radical (unpaired) electrons. The Morgan fingerprint density at radius 2 is 1.50 bits per heavy atom. The van der Waals surface area contributed by atoms with Gasteiger partial charge in [-0.1, -0.05) is 23.7 Å². The average molecular weight is 378 g/mol. The second-order valence-corrected chi connectivity index (χ2v) is 5.85. The fraction of sp³-hybridized carbons (Fsp3) is 0.316. The van der Waals surface area contributed by atoms with E-state index in [1.54, 1.807) is 28.4 Å². The molecule has 0 spiro atoms. The summed E-state index contributed by atoms with van der Waals surface area (Å²) in [4.78, 5) is 4.24. The van der Waals surface area contributed by atoms with E-state index >= 15 is 0 Å². The highest BCUT2D eigenvalue weighted by Crippen LogP contribution is 2.33. The van der Waals surface area contributed by atoms with Crippen molar-refractivity contribution in [2.45, 2.75) is 13.1 Å². The van der Waals surface area contributed by atoms with Crippen molar-refractivity contribution in [3.05, 3.63) is 52.5 Å². The molecule has 0 amide bonds. The summed E-state index contributed by atoms with van der Waals surface area (Å²) in [7, 11) is 6.56. The Balaban J connectivity index is 2.04. The Bertz CT molecular complexity index is 723. The number of halogens is 1. The molecule has 2 N–H and O–H groups in total. The van der Waals surface area contributed by atoms with Crippen molar-refractivity contribution in [2.24, 2.45) is 4.99 Å². The zero-order chi connectivity index (χ0) is 18.9. The Kier molecular flexibility index (Phi) is 7.41. The predicted molar refractivity (Wildman–Crippen MR) is 105 cm³/mol. The normalized spacial score (nSPS) is 11.0. The van der Waals surface area contributed by atoms with Crippen LogP contribution in [0.2, 0.25) is 5.02 Å². The minimum absolute atomic E-state index is 0.483. The van der Waals surface area contributed by atoms with Crippen molar-refractivity contribution >= 4 is 17.6 Å². The van der Waals surface area contributed by atoms with Crippen molar-refractivity contribution in [3.8, 4) is 17.2 Å². The Morgan fingerprint density at radius 3 is 2.00 bits per heavy atom. The van der Waals surface area contributed by atoms with Gasteiger partial charge in [0.2, 0.25) is 0 Å². The molecule has 0 aliphatic heterocycles. The second-order valence-electron chi connectivity index (χ2n) is 5.42. The zero-order valence-electron chi connectivity index (χ0n) is 15.4. The summed E-state index contributed by atoms with van der Waals surface area (Å²) >= 11 is 5.91. The Labute approximate surface area is 159 Å². The minimum atomic E-state index is 0.483. The van der Waals surface area contributed by atoms with Gasteiger partial charge in [-0.25, -0.2) is 0 Å². The summed E-state index contributed by atoms with van der Waals surface area (Å²) < 4.78 is 16.2. The van der Waals surface area contributed by atoms with Gasteiger partial charge in [0.05, 0.1) is 33.4 Å². The maximum absolute atomic E-state index is 5.91. The van der Waals surface area contributed by atoms with E-state index in [0.717, 1.165) is 16.1 Å². The molecular formula is C19H24ClN3O3. The lowest BCUT2D eigenvalue weighted by Crippen LogP contribution is -2.36. The summed E-state index contributed by atoms with van der Waals surface area (Å²) in [5, 5.41) is 7.25. The zero-order valence-corrected chi connectivity index (χ0v) is 16.2. The number of guanidine groups is 1. The third-order valence-corrected chi connectivity index (χ3v) is 4.10. The summed E-state index contributed by atoms with van der Waals surface area (Å²) in [6.07, 6.45) is 0. The molecule has 0 aliphatic carbocycles. The van der Waals surface area contributed by atoms with E-state index in [1.807, 2.05) is 36.4 Å². The van der Waals surface area contributed by atoms with E-state index < -0.39 is 0 Å². The Morgan fingerprint density at radius 1 is 0.923 bits per heavy atom. The van der Waals surface area contributed by atoms with Crippen LogP contribution in [0.3, 0.4) is 0 Å². The number of ether oxygens (including phenoxy) is 3. The molecule has 0 unspecified atom stereocenters. The highest BCUT2D eigenvalue weighted by atomic mass is 35.5. The van der Waals surface area contributed by atoms with Gasteiger partial charge in [0, 0.05) is 30.7 Å². The standard InChI is InChI=1S/C19H24ClN3O3/c1-21-19(22-11-13-5-7-14(20)8-6-13)23-12-16-17(25-3)9-15(24-2)10-18(16)26-4/h5-10H,11-12H2,1-4H3,(H2,21,22,23). The second kappa shape index (κ2) is 9.77. The summed E-state index contributed by atoms with van der Waals surface area (Å²) in [5.74, 6) is 2.70. The van der Waals surface area contributed by atoms with Crippen molar-refractivity contribution in [1.82, 2.24) is 10.6 Å². The molecule has 2 aromatic rings. The number of benzene rings is 2. The van der Waals surface area contributed by atoms with E-state index in [-0.39, 0.29) is 0 Å². The number of aliphatic imine (C=N–C) groups is 1. The maximum Gasteiger partial charge on any atom is 0.191 e. The Hall–Kier alpha value is -2.60. The first-order chi connectivity index (χ1) is 12.6. The molecule has 0 bridgehead atoms. The maximum atomic E-state index is 5.91. The molecule has 26 heavy (non-hydrogen) atoms. The van der Waals surface area contributed by atoms with E-state index in [0.29, 0.717) is 36.3 Å². The first-order valence-corrected chi connectivity index (χ1v) is 8.47. The number of rotatable bonds is 7. The summed E-state index contributed by atoms with van der Waals surface area (Å²) in [5.41, 5.74) is 1.99. The highest BCUT2D eigenvalue weighted by Gasteiger charge is 2.13. The number of nitrogens with one attached hydrogen (secondary N) is 2. The molecule has 0 saturated carbocycles. The molecule has 2 aromatic carbocycles. The van der Waals surface area contributed by atoms with E-state index in [4.69, 9.17) is 25.8 Å². The van der Waals surface area contributed by atoms with Crippen molar-refractivity contribution in [3.63, 3.8) is 0 Å². The quantitative estimate of drug-likeness (QED) is 0.573. The van der Waals surface area contributed by atoms with Crippen LogP contribution in [0.1, 0.15) is 11.1 Å². The van der Waals surface area contributed by atoms with Crippen molar-refractivity contribution in [1.29, 1.82) is 0 Å². The van der Waals surface area contributed by atoms with Crippen LogP contribution < -0.4 is 24.8 Å². The van der Waals surface area contributed by atoms with E-state index in [1.165, 1.54) is 0 Å². The molecule has 0 aliphatic rings. The van der Waals surface area contributed by atoms with Crippen LogP contribution in [0.5, 0.6) is 17.2 Å². The fourth-order valence-corrected chi connectivity index (χ4v) is 2.56. The fourth-order valence-electron chi connectivity index (χ4n) is 2.43. The van der Waals surface area contributed by atoms with Crippen molar-refractivity contribution < 1.29 is 14.2 Å². The minimum Gasteiger partial charge on any atom is -0.496 e. The topological polar surface area (TPSA) is 64.1 Å². The van der Waals surface area contributed by atoms with Crippen LogP contribution in [0.4, 0.5) is 0 Å². The number of methoxy groups -OCH3 is 3. The summed E-state index contributed by atoms with van der Waals surface area (Å²) in [6, 6.07) is 11.3. The lowest BCUT2D eigenvalue weighted by atomic mass is 10.1. The largest absolute Gasteiger partial charge is 0.496 e. The monoisotopic (exact) mass is 377 g/mol. The predicted octanol–water partition coefficient (Wildman–Crippen LogP) is 3.23. The average Bonchev–Trinajstić information content (AvgIpc) is 2.68. The lowest BCUT2D eigenvalue weighted by molar-refractivity contribution is 0.368. The molecule has 0 saturated heterocycles. The molecule has 6 nitrogen and oxygen atoms in total. The molecule has 0 fully saturated rings. The van der Waals surface area contributed by atoms with Gasteiger partial charge >= 0.3 is 0 Å². The molecule has 0 heterocycles. The third kappa shape index (κ3) is 5.20. The van der Waals surface area contributed by atoms with E-state index in [9.17, 15) is 0 Å². The number of nitrogens with zero attached hydrogens (tertiary/aromatic N) is 1. The molecule has 140 valence electrons. The number of hydrogen-bond donors (Lipinski definition) is 2. The van der Waals surface area contributed by atoms with Crippen LogP contribution in [-0.2, 0) is 13.1 Å². The van der Waals surface area contributed by atoms with Crippen LogP contribution in [0.25, 0.3) is 0 Å². The molecule has 0 atom stereocenters. The van der Waals surface area contributed by atoms with Gasteiger partial charge in [0.1, 0.15) is 17.2 Å². The summed E-state index contributed by atoms with van der Waals surface area (Å²) in [6.45, 7) is 1.12. The molecule has 0 aromatic heterocycles. The van der Waals surface area contributed by atoms with E-state index in [2.05, 4.69) is 15.6 Å². The molecule has 2 rings (SSSR count). The lowest BCUT2D eigenvalue weighted by Gasteiger charge is -2.17.